The molecule has 3 aliphatic heterocycles. The van der Waals surface area contributed by atoms with E-state index >= 15 is 0 Å². The minimum absolute atomic E-state index is 0.153. The molecule has 0 bridgehead atoms. The number of furan rings is 2. The molecule has 5 heterocycles. The maximum atomic E-state index is 14.2. The lowest BCUT2D eigenvalue weighted by Gasteiger charge is -2.33. The van der Waals surface area contributed by atoms with Crippen molar-refractivity contribution in [1.29, 1.82) is 0 Å². The van der Waals surface area contributed by atoms with E-state index in [9.17, 15) is 27.2 Å². The Kier molecular flexibility index (Phi) is 5.75. The van der Waals surface area contributed by atoms with Crippen molar-refractivity contribution in [2.75, 3.05) is 12.3 Å². The number of imide groups is 1. The van der Waals surface area contributed by atoms with Gasteiger partial charge in [0.05, 0.1) is 28.9 Å². The number of nitrogens with one attached hydrogen (secondary N) is 1. The molecule has 2 atom stereocenters. The van der Waals surface area contributed by atoms with Crippen LogP contribution in [0.2, 0.25) is 0 Å². The van der Waals surface area contributed by atoms with Gasteiger partial charge in [-0.3, -0.25) is 14.5 Å². The van der Waals surface area contributed by atoms with Crippen LogP contribution in [0.3, 0.4) is 0 Å². The number of sulfone groups is 1. The van der Waals surface area contributed by atoms with Gasteiger partial charge in [-0.25, -0.2) is 22.6 Å². The van der Waals surface area contributed by atoms with Gasteiger partial charge in [0.2, 0.25) is 0 Å². The summed E-state index contributed by atoms with van der Waals surface area (Å²) in [7, 11) is -3.78. The van der Waals surface area contributed by atoms with E-state index in [1.54, 1.807) is 36.4 Å². The van der Waals surface area contributed by atoms with Crippen molar-refractivity contribution < 1.29 is 36.0 Å². The number of hydrogen-bond donors (Lipinski definition) is 1. The lowest BCUT2D eigenvalue weighted by Crippen LogP contribution is -2.49. The Balaban J connectivity index is 1.29. The van der Waals surface area contributed by atoms with Crippen molar-refractivity contribution in [3.05, 3.63) is 84.0 Å². The summed E-state index contributed by atoms with van der Waals surface area (Å²) >= 11 is 0. The Morgan fingerprint density at radius 2 is 1.95 bits per heavy atom. The third-order valence-corrected chi connectivity index (χ3v) is 8.76. The second kappa shape index (κ2) is 9.05. The van der Waals surface area contributed by atoms with Crippen LogP contribution in [0, 0.1) is 5.82 Å². The largest absolute Gasteiger partial charge is 0.467 e. The number of amides is 4. The Hall–Kier alpha value is -4.52. The van der Waals surface area contributed by atoms with Gasteiger partial charge in [0, 0.05) is 12.0 Å². The van der Waals surface area contributed by atoms with Gasteiger partial charge in [-0.2, -0.15) is 5.10 Å². The predicted molar refractivity (Wildman–Crippen MR) is 133 cm³/mol. The number of fused-ring (bicyclic) bond motifs is 2. The normalized spacial score (nSPS) is 23.9. The van der Waals surface area contributed by atoms with Crippen molar-refractivity contribution in [2.24, 2.45) is 5.10 Å². The van der Waals surface area contributed by atoms with Crippen LogP contribution in [-0.2, 0) is 25.0 Å². The summed E-state index contributed by atoms with van der Waals surface area (Å²) in [4.78, 5) is 40.5. The van der Waals surface area contributed by atoms with Crippen LogP contribution in [0.25, 0.3) is 6.08 Å². The molecule has 11 nitrogen and oxygen atoms in total. The standard InChI is InChI=1S/C26H21FN4O7S/c27-16-5-8-22-19(13-16)26(9-12-39(22,35)36)24(33)30(25(34)28-26)15-23(32)31-20(21-4-2-11-38-21)14-17(29-31)6-7-18-3-1-10-37-18/h1-8,10-11,13,20H,9,12,14-15H2,(H,28,34)/b7-6-/t20-,26-/m0/s1. The third-order valence-electron chi connectivity index (χ3n) is 7.00. The molecular formula is C26H21FN4O7S. The lowest BCUT2D eigenvalue weighted by molar-refractivity contribution is -0.140. The van der Waals surface area contributed by atoms with Crippen LogP contribution < -0.4 is 5.32 Å². The fraction of sp³-hybridized carbons (Fsp3) is 0.231. The molecule has 200 valence electrons. The average Bonchev–Trinajstić information content (AvgIpc) is 3.70. The van der Waals surface area contributed by atoms with Gasteiger partial charge in [0.1, 0.15) is 35.5 Å². The van der Waals surface area contributed by atoms with Crippen LogP contribution in [-0.4, -0.2) is 54.2 Å². The van der Waals surface area contributed by atoms with Crippen molar-refractivity contribution in [3.8, 4) is 0 Å². The molecule has 2 aromatic heterocycles. The Labute approximate surface area is 221 Å². The smallest absolute Gasteiger partial charge is 0.325 e. The summed E-state index contributed by atoms with van der Waals surface area (Å²) < 4.78 is 50.1. The zero-order chi connectivity index (χ0) is 27.4. The monoisotopic (exact) mass is 552 g/mol. The van der Waals surface area contributed by atoms with Gasteiger partial charge in [-0.05, 0) is 61.0 Å². The predicted octanol–water partition coefficient (Wildman–Crippen LogP) is 2.98. The van der Waals surface area contributed by atoms with Crippen molar-refractivity contribution in [3.63, 3.8) is 0 Å². The highest BCUT2D eigenvalue weighted by atomic mass is 32.2. The molecule has 1 saturated heterocycles. The maximum Gasteiger partial charge on any atom is 0.325 e. The molecule has 4 amide bonds. The maximum absolute atomic E-state index is 14.2. The second-order valence-electron chi connectivity index (χ2n) is 9.35. The molecule has 3 aliphatic rings. The Morgan fingerprint density at radius 3 is 2.69 bits per heavy atom. The highest BCUT2D eigenvalue weighted by Crippen LogP contribution is 2.42. The summed E-state index contributed by atoms with van der Waals surface area (Å²) in [6.07, 6.45) is 6.39. The molecule has 1 spiro atoms. The van der Waals surface area contributed by atoms with Crippen LogP contribution in [0.4, 0.5) is 9.18 Å². The van der Waals surface area contributed by atoms with Crippen LogP contribution in [0.1, 0.15) is 36.0 Å². The summed E-state index contributed by atoms with van der Waals surface area (Å²) in [6, 6.07) is 8.34. The van der Waals surface area contributed by atoms with E-state index in [4.69, 9.17) is 8.83 Å². The molecule has 3 aromatic rings. The lowest BCUT2D eigenvalue weighted by atomic mass is 9.86. The van der Waals surface area contributed by atoms with Gasteiger partial charge in [0.15, 0.2) is 9.84 Å². The van der Waals surface area contributed by atoms with Gasteiger partial charge < -0.3 is 14.2 Å². The first-order valence-electron chi connectivity index (χ1n) is 12.0. The van der Waals surface area contributed by atoms with E-state index in [-0.39, 0.29) is 16.9 Å². The van der Waals surface area contributed by atoms with Gasteiger partial charge >= 0.3 is 6.03 Å². The van der Waals surface area contributed by atoms with E-state index in [1.807, 2.05) is 0 Å². The number of hydrazone groups is 1. The summed E-state index contributed by atoms with van der Waals surface area (Å²) in [5.41, 5.74) is -1.41. The summed E-state index contributed by atoms with van der Waals surface area (Å²) in [5.74, 6) is -1.64. The number of rotatable bonds is 5. The number of benzene rings is 1. The number of hydrogen-bond acceptors (Lipinski definition) is 8. The molecular weight excluding hydrogens is 531 g/mol. The average molecular weight is 553 g/mol. The zero-order valence-corrected chi connectivity index (χ0v) is 21.1. The Bertz CT molecular complexity index is 1650. The topological polar surface area (TPSA) is 142 Å². The molecule has 0 aliphatic carbocycles. The molecule has 39 heavy (non-hydrogen) atoms. The van der Waals surface area contributed by atoms with Gasteiger partial charge in [-0.15, -0.1) is 0 Å². The number of halogens is 1. The first-order valence-corrected chi connectivity index (χ1v) is 13.6. The zero-order valence-electron chi connectivity index (χ0n) is 20.2. The van der Waals surface area contributed by atoms with E-state index in [0.29, 0.717) is 28.6 Å². The second-order valence-corrected chi connectivity index (χ2v) is 11.4. The van der Waals surface area contributed by atoms with Crippen molar-refractivity contribution >= 4 is 39.5 Å². The minimum Gasteiger partial charge on any atom is -0.467 e. The van der Waals surface area contributed by atoms with Gasteiger partial charge in [-0.1, -0.05) is 0 Å². The molecule has 0 radical (unpaired) electrons. The number of carbonyl (C=O) groups is 3. The molecule has 6 rings (SSSR count). The quantitative estimate of drug-likeness (QED) is 0.379. The summed E-state index contributed by atoms with van der Waals surface area (Å²) in [6.45, 7) is -0.667. The van der Waals surface area contributed by atoms with E-state index in [2.05, 4.69) is 10.4 Å². The van der Waals surface area contributed by atoms with Crippen molar-refractivity contribution in [2.45, 2.75) is 29.3 Å². The molecule has 1 N–H and O–H groups in total. The molecule has 13 heteroatoms. The summed E-state index contributed by atoms with van der Waals surface area (Å²) in [5, 5.41) is 8.09. The van der Waals surface area contributed by atoms with Crippen LogP contribution in [0.5, 0.6) is 0 Å². The van der Waals surface area contributed by atoms with E-state index in [1.165, 1.54) is 12.5 Å². The molecule has 1 aromatic carbocycles. The van der Waals surface area contributed by atoms with Crippen LogP contribution in [0.15, 0.2) is 79.9 Å². The number of urea groups is 1. The third kappa shape index (κ3) is 4.14. The minimum atomic E-state index is -3.78. The van der Waals surface area contributed by atoms with Crippen LogP contribution >= 0.6 is 0 Å². The highest BCUT2D eigenvalue weighted by Gasteiger charge is 2.57. The number of nitrogens with zero attached hydrogens (tertiary/aromatic N) is 3. The number of carbonyl (C=O) groups excluding carboxylic acids is 3. The first-order chi connectivity index (χ1) is 18.7. The number of allylic oxidation sites excluding steroid dienone is 1. The first kappa shape index (κ1) is 24.8. The molecule has 0 unspecified atom stereocenters. The SMILES string of the molecule is O=C1N[C@]2(CCS(=O)(=O)c3ccc(F)cc32)C(=O)N1CC(=O)N1N=C(/C=C\c2ccco2)C[C@H]1c1ccco1. The Morgan fingerprint density at radius 1 is 1.15 bits per heavy atom. The van der Waals surface area contributed by atoms with Gasteiger partial charge in [0.25, 0.3) is 11.8 Å². The molecule has 1 fully saturated rings. The fourth-order valence-electron chi connectivity index (χ4n) is 5.10. The van der Waals surface area contributed by atoms with E-state index < -0.39 is 57.4 Å². The highest BCUT2D eigenvalue weighted by molar-refractivity contribution is 7.91. The van der Waals surface area contributed by atoms with E-state index in [0.717, 1.165) is 23.2 Å². The fourth-order valence-corrected chi connectivity index (χ4v) is 6.74. The van der Waals surface area contributed by atoms with Crippen molar-refractivity contribution in [1.82, 2.24) is 15.2 Å². The molecule has 0 saturated carbocycles.